The van der Waals surface area contributed by atoms with Crippen LogP contribution in [0.2, 0.25) is 0 Å². The molecule has 5 rings (SSSR count). The molecule has 3 saturated carbocycles. The Morgan fingerprint density at radius 2 is 1.88 bits per heavy atom. The van der Waals surface area contributed by atoms with Gasteiger partial charge < -0.3 is 19.7 Å². The van der Waals surface area contributed by atoms with E-state index in [9.17, 15) is 24.6 Å². The van der Waals surface area contributed by atoms with Gasteiger partial charge in [0, 0.05) is 23.2 Å². The summed E-state index contributed by atoms with van der Waals surface area (Å²) in [6.07, 6.45) is 8.64. The summed E-state index contributed by atoms with van der Waals surface area (Å²) in [5, 5.41) is 21.0. The zero-order valence-corrected chi connectivity index (χ0v) is 20.5. The average Bonchev–Trinajstić information content (AvgIpc) is 3.23. The van der Waals surface area contributed by atoms with E-state index in [1.807, 2.05) is 13.8 Å². The van der Waals surface area contributed by atoms with Gasteiger partial charge in [-0.1, -0.05) is 32.4 Å². The molecule has 1 heterocycles. The first-order valence-corrected chi connectivity index (χ1v) is 12.6. The summed E-state index contributed by atoms with van der Waals surface area (Å²) in [6.45, 7) is 7.80. The lowest BCUT2D eigenvalue weighted by Gasteiger charge is -2.58. The number of aliphatic carboxylic acids is 1. The summed E-state index contributed by atoms with van der Waals surface area (Å²) in [7, 11) is 0. The van der Waals surface area contributed by atoms with E-state index >= 15 is 0 Å². The highest BCUT2D eigenvalue weighted by Crippen LogP contribution is 2.69. The lowest BCUT2D eigenvalue weighted by molar-refractivity contribution is -0.221. The van der Waals surface area contributed by atoms with Crippen LogP contribution in [0.15, 0.2) is 23.8 Å². The van der Waals surface area contributed by atoms with Crippen LogP contribution in [-0.4, -0.2) is 51.8 Å². The zero-order chi connectivity index (χ0) is 24.7. The first-order valence-electron chi connectivity index (χ1n) is 12.6. The minimum atomic E-state index is -1.68. The van der Waals surface area contributed by atoms with Gasteiger partial charge in [0.05, 0.1) is 12.7 Å². The van der Waals surface area contributed by atoms with Gasteiger partial charge in [-0.25, -0.2) is 9.59 Å². The van der Waals surface area contributed by atoms with Gasteiger partial charge >= 0.3 is 11.9 Å². The number of allylic oxidation sites excluding steroid dienone is 4. The maximum Gasteiger partial charge on any atom is 0.349 e. The summed E-state index contributed by atoms with van der Waals surface area (Å²) in [5.41, 5.74) is -2.97. The van der Waals surface area contributed by atoms with E-state index in [1.54, 1.807) is 12.2 Å². The molecule has 34 heavy (non-hydrogen) atoms. The molecule has 0 bridgehead atoms. The van der Waals surface area contributed by atoms with Gasteiger partial charge in [0.2, 0.25) is 5.60 Å². The number of esters is 1. The fourth-order valence-electron chi connectivity index (χ4n) is 8.44. The Kier molecular flexibility index (Phi) is 5.24. The van der Waals surface area contributed by atoms with Crippen LogP contribution >= 0.6 is 0 Å². The Morgan fingerprint density at radius 1 is 1.15 bits per heavy atom. The molecule has 2 N–H and O–H groups in total. The number of carbonyl (C=O) groups excluding carboxylic acids is 2. The van der Waals surface area contributed by atoms with Crippen molar-refractivity contribution in [2.24, 2.45) is 34.5 Å². The molecule has 0 amide bonds. The van der Waals surface area contributed by atoms with Crippen molar-refractivity contribution in [2.75, 3.05) is 6.61 Å². The molecule has 1 aliphatic heterocycles. The first-order chi connectivity index (χ1) is 15.9. The maximum atomic E-state index is 13.3. The van der Waals surface area contributed by atoms with E-state index < -0.39 is 34.7 Å². The zero-order valence-electron chi connectivity index (χ0n) is 20.5. The van der Waals surface area contributed by atoms with Crippen molar-refractivity contribution in [3.63, 3.8) is 0 Å². The molecule has 0 spiro atoms. The minimum absolute atomic E-state index is 0.0441. The Bertz CT molecular complexity index is 999. The summed E-state index contributed by atoms with van der Waals surface area (Å²) in [6, 6.07) is 0. The fraction of sp³-hybridized carbons (Fsp3) is 0.741. The van der Waals surface area contributed by atoms with E-state index in [0.29, 0.717) is 25.2 Å². The second kappa shape index (κ2) is 7.50. The molecular weight excluding hydrogens is 436 g/mol. The smallest absolute Gasteiger partial charge is 0.349 e. The van der Waals surface area contributed by atoms with Crippen molar-refractivity contribution < 1.29 is 34.1 Å². The van der Waals surface area contributed by atoms with Crippen molar-refractivity contribution in [1.82, 2.24) is 0 Å². The van der Waals surface area contributed by atoms with Crippen LogP contribution in [0.25, 0.3) is 0 Å². The number of aliphatic hydroxyl groups is 1. The molecule has 7 heteroatoms. The Balaban J connectivity index is 1.50. The van der Waals surface area contributed by atoms with Gasteiger partial charge in [0.15, 0.2) is 11.4 Å². The summed E-state index contributed by atoms with van der Waals surface area (Å²) in [4.78, 5) is 38.3. The standard InChI is InChI=1S/C27H36O7/c1-15-13-20-18-6-5-16-14-17(28)7-10-24(16,2)19(18)8-11-25(20,3)27(15,22(30)31)34-23(32)26(4)21(29)9-12-33-26/h7,10,14-15,18-21,29H,5-6,8-9,11-13H2,1-4H3,(H,30,31)/t15-,18-,19+,20+,21?,24+,25+,26?,27+/m1/s1. The summed E-state index contributed by atoms with van der Waals surface area (Å²) in [5.74, 6) is -1.55. The van der Waals surface area contributed by atoms with Crippen molar-refractivity contribution in [3.8, 4) is 0 Å². The van der Waals surface area contributed by atoms with Crippen LogP contribution in [-0.2, 0) is 23.9 Å². The minimum Gasteiger partial charge on any atom is -0.478 e. The molecule has 0 aromatic carbocycles. The van der Waals surface area contributed by atoms with Crippen molar-refractivity contribution in [3.05, 3.63) is 23.8 Å². The van der Waals surface area contributed by atoms with Crippen molar-refractivity contribution in [2.45, 2.75) is 83.5 Å². The molecule has 5 aliphatic rings. The number of ketones is 1. The van der Waals surface area contributed by atoms with Crippen molar-refractivity contribution >= 4 is 17.7 Å². The predicted molar refractivity (Wildman–Crippen MR) is 123 cm³/mol. The van der Waals surface area contributed by atoms with E-state index in [2.05, 4.69) is 13.0 Å². The van der Waals surface area contributed by atoms with E-state index in [-0.39, 0.29) is 35.6 Å². The fourth-order valence-corrected chi connectivity index (χ4v) is 8.44. The third-order valence-electron chi connectivity index (χ3n) is 10.5. The number of ether oxygens (including phenoxy) is 2. The normalized spacial score (nSPS) is 49.6. The lowest BCUT2D eigenvalue weighted by atomic mass is 9.47. The van der Waals surface area contributed by atoms with Gasteiger partial charge in [0.25, 0.3) is 0 Å². The highest BCUT2D eigenvalue weighted by molar-refractivity contribution is 6.01. The van der Waals surface area contributed by atoms with Crippen LogP contribution in [0.3, 0.4) is 0 Å². The molecule has 2 unspecified atom stereocenters. The van der Waals surface area contributed by atoms with Gasteiger partial charge in [-0.3, -0.25) is 4.79 Å². The Hall–Kier alpha value is -1.99. The number of carboxylic acids is 1. The second-order valence-electron chi connectivity index (χ2n) is 11.9. The SMILES string of the molecule is C[C@@H]1C[C@H]2[C@@H]3CCC4=CC(=O)C=C[C@]4(C)[C@H]3CC[C@]2(C)[C@@]1(OC(=O)C1(C)OCCC1O)C(=O)O. The number of hydrogen-bond acceptors (Lipinski definition) is 6. The molecule has 9 atom stereocenters. The molecule has 186 valence electrons. The Labute approximate surface area is 200 Å². The summed E-state index contributed by atoms with van der Waals surface area (Å²) >= 11 is 0. The monoisotopic (exact) mass is 472 g/mol. The molecule has 7 nitrogen and oxygen atoms in total. The highest BCUT2D eigenvalue weighted by Gasteiger charge is 2.72. The van der Waals surface area contributed by atoms with E-state index in [1.165, 1.54) is 12.5 Å². The van der Waals surface area contributed by atoms with E-state index in [4.69, 9.17) is 9.47 Å². The quantitative estimate of drug-likeness (QED) is 0.606. The van der Waals surface area contributed by atoms with Gasteiger partial charge in [-0.2, -0.15) is 0 Å². The molecule has 4 aliphatic carbocycles. The first kappa shape index (κ1) is 23.7. The van der Waals surface area contributed by atoms with Gasteiger partial charge in [0.1, 0.15) is 0 Å². The highest BCUT2D eigenvalue weighted by atomic mass is 16.6. The largest absolute Gasteiger partial charge is 0.478 e. The molecule has 1 saturated heterocycles. The van der Waals surface area contributed by atoms with Crippen LogP contribution in [0, 0.1) is 34.5 Å². The van der Waals surface area contributed by atoms with Crippen molar-refractivity contribution in [1.29, 1.82) is 0 Å². The van der Waals surface area contributed by atoms with E-state index in [0.717, 1.165) is 19.3 Å². The number of rotatable bonds is 3. The van der Waals surface area contributed by atoms with Crippen LogP contribution < -0.4 is 0 Å². The Morgan fingerprint density at radius 3 is 2.53 bits per heavy atom. The molecular formula is C27H36O7. The molecule has 0 aromatic rings. The van der Waals surface area contributed by atoms with Crippen LogP contribution in [0.5, 0.6) is 0 Å². The van der Waals surface area contributed by atoms with Crippen LogP contribution in [0.1, 0.15) is 66.2 Å². The number of carbonyl (C=O) groups is 3. The topological polar surface area (TPSA) is 110 Å². The average molecular weight is 473 g/mol. The summed E-state index contributed by atoms with van der Waals surface area (Å²) < 4.78 is 11.6. The number of carboxylic acid groups (broad SMARTS) is 1. The number of fused-ring (bicyclic) bond motifs is 5. The lowest BCUT2D eigenvalue weighted by Crippen LogP contribution is -2.62. The molecule has 0 radical (unpaired) electrons. The third kappa shape index (κ3) is 2.86. The van der Waals surface area contributed by atoms with Gasteiger partial charge in [-0.15, -0.1) is 0 Å². The number of aliphatic hydroxyl groups excluding tert-OH is 1. The second-order valence-corrected chi connectivity index (χ2v) is 11.9. The predicted octanol–water partition coefficient (Wildman–Crippen LogP) is 3.45. The molecule has 0 aromatic heterocycles. The van der Waals surface area contributed by atoms with Gasteiger partial charge in [-0.05, 0) is 68.9 Å². The number of hydrogen-bond donors (Lipinski definition) is 2. The van der Waals surface area contributed by atoms with Crippen LogP contribution in [0.4, 0.5) is 0 Å². The maximum absolute atomic E-state index is 13.3. The molecule has 4 fully saturated rings. The third-order valence-corrected chi connectivity index (χ3v) is 10.5.